The fourth-order valence-electron chi connectivity index (χ4n) is 2.37. The molecule has 4 nitrogen and oxygen atoms in total. The summed E-state index contributed by atoms with van der Waals surface area (Å²) < 4.78 is 18.5. The Kier molecular flexibility index (Phi) is 3.81. The quantitative estimate of drug-likeness (QED) is 0.848. The highest BCUT2D eigenvalue weighted by Gasteiger charge is 2.26. The summed E-state index contributed by atoms with van der Waals surface area (Å²) in [4.78, 5) is 11.2. The first kappa shape index (κ1) is 12.8. The maximum absolute atomic E-state index is 13.6. The van der Waals surface area contributed by atoms with Crippen LogP contribution in [-0.4, -0.2) is 25.6 Å². The molecule has 1 aromatic carbocycles. The average molecular weight is 252 g/mol. The summed E-state index contributed by atoms with van der Waals surface area (Å²) in [7, 11) is 1.44. The van der Waals surface area contributed by atoms with Crippen LogP contribution < -0.4 is 15.8 Å². The topological polar surface area (TPSA) is 64.3 Å². The number of ether oxygens (including phenoxy) is 1. The molecule has 98 valence electrons. The van der Waals surface area contributed by atoms with Gasteiger partial charge in [-0.3, -0.25) is 4.79 Å². The lowest BCUT2D eigenvalue weighted by atomic mass is 9.86. The molecule has 2 unspecified atom stereocenters. The number of nitrogens with two attached hydrogens (primary N) is 1. The first-order chi connectivity index (χ1) is 8.61. The smallest absolute Gasteiger partial charge is 0.234 e. The molecule has 1 aliphatic rings. The minimum absolute atomic E-state index is 0.157. The lowest BCUT2D eigenvalue weighted by Crippen LogP contribution is -2.46. The van der Waals surface area contributed by atoms with E-state index in [2.05, 4.69) is 5.32 Å². The molecule has 0 bridgehead atoms. The Morgan fingerprint density at radius 3 is 2.94 bits per heavy atom. The van der Waals surface area contributed by atoms with E-state index < -0.39 is 0 Å². The van der Waals surface area contributed by atoms with Gasteiger partial charge in [-0.25, -0.2) is 4.39 Å². The van der Waals surface area contributed by atoms with Gasteiger partial charge in [-0.2, -0.15) is 0 Å². The predicted molar refractivity (Wildman–Crippen MR) is 65.9 cm³/mol. The molecule has 18 heavy (non-hydrogen) atoms. The lowest BCUT2D eigenvalue weighted by Gasteiger charge is -2.28. The number of methoxy groups -OCH3 is 1. The minimum Gasteiger partial charge on any atom is -0.494 e. The summed E-state index contributed by atoms with van der Waals surface area (Å²) >= 11 is 0. The minimum atomic E-state index is -0.371. The molecule has 1 saturated heterocycles. The zero-order valence-corrected chi connectivity index (χ0v) is 10.3. The van der Waals surface area contributed by atoms with Crippen molar-refractivity contribution in [2.24, 2.45) is 5.73 Å². The molecule has 2 rings (SSSR count). The van der Waals surface area contributed by atoms with E-state index in [-0.39, 0.29) is 29.4 Å². The number of amides is 1. The van der Waals surface area contributed by atoms with Crippen LogP contribution in [0.5, 0.6) is 5.75 Å². The highest BCUT2D eigenvalue weighted by atomic mass is 19.1. The molecule has 0 aliphatic carbocycles. The van der Waals surface area contributed by atoms with Crippen LogP contribution in [0, 0.1) is 5.82 Å². The molecule has 1 fully saturated rings. The largest absolute Gasteiger partial charge is 0.494 e. The zero-order valence-electron chi connectivity index (χ0n) is 10.3. The van der Waals surface area contributed by atoms with Crippen LogP contribution in [0.4, 0.5) is 4.39 Å². The van der Waals surface area contributed by atoms with Gasteiger partial charge in [0.15, 0.2) is 11.6 Å². The lowest BCUT2D eigenvalue weighted by molar-refractivity contribution is -0.120. The van der Waals surface area contributed by atoms with Crippen LogP contribution in [-0.2, 0) is 4.79 Å². The molecule has 2 atom stereocenters. The van der Waals surface area contributed by atoms with Gasteiger partial charge in [-0.1, -0.05) is 6.07 Å². The van der Waals surface area contributed by atoms with E-state index in [0.29, 0.717) is 13.0 Å². The summed E-state index contributed by atoms with van der Waals surface area (Å²) in [5.41, 5.74) is 6.18. The highest BCUT2D eigenvalue weighted by molar-refractivity contribution is 5.80. The molecule has 5 heteroatoms. The third kappa shape index (κ3) is 2.61. The van der Waals surface area contributed by atoms with Crippen molar-refractivity contribution in [3.8, 4) is 5.75 Å². The maximum atomic E-state index is 13.6. The van der Waals surface area contributed by atoms with E-state index in [9.17, 15) is 9.18 Å². The fourth-order valence-corrected chi connectivity index (χ4v) is 2.37. The molecule has 1 amide bonds. The SMILES string of the molecule is COc1ccc(C2CCNC(C(N)=O)C2)cc1F. The van der Waals surface area contributed by atoms with Crippen molar-refractivity contribution in [3.05, 3.63) is 29.6 Å². The van der Waals surface area contributed by atoms with E-state index in [4.69, 9.17) is 10.5 Å². The van der Waals surface area contributed by atoms with Crippen molar-refractivity contribution in [1.29, 1.82) is 0 Å². The highest BCUT2D eigenvalue weighted by Crippen LogP contribution is 2.30. The van der Waals surface area contributed by atoms with Crippen LogP contribution in [0.2, 0.25) is 0 Å². The summed E-state index contributed by atoms with van der Waals surface area (Å²) in [6.07, 6.45) is 1.48. The number of carbonyl (C=O) groups excluding carboxylic acids is 1. The summed E-state index contributed by atoms with van der Waals surface area (Å²) in [5.74, 6) is -0.332. The number of primary amides is 1. The van der Waals surface area contributed by atoms with Crippen LogP contribution in [0.3, 0.4) is 0 Å². The Morgan fingerprint density at radius 2 is 2.33 bits per heavy atom. The zero-order chi connectivity index (χ0) is 13.1. The molecule has 1 aliphatic heterocycles. The van der Waals surface area contributed by atoms with Crippen molar-refractivity contribution >= 4 is 5.91 Å². The Bertz CT molecular complexity index is 451. The summed E-state index contributed by atoms with van der Waals surface area (Å²) in [6, 6.07) is 4.61. The van der Waals surface area contributed by atoms with Gasteiger partial charge in [-0.05, 0) is 43.0 Å². The van der Waals surface area contributed by atoms with Gasteiger partial charge >= 0.3 is 0 Å². The van der Waals surface area contributed by atoms with Gasteiger partial charge in [0.25, 0.3) is 0 Å². The maximum Gasteiger partial charge on any atom is 0.234 e. The second-order valence-corrected chi connectivity index (χ2v) is 4.52. The number of hydrogen-bond acceptors (Lipinski definition) is 3. The molecule has 0 spiro atoms. The number of rotatable bonds is 3. The molecule has 0 saturated carbocycles. The van der Waals surface area contributed by atoms with Gasteiger partial charge in [0, 0.05) is 0 Å². The number of hydrogen-bond donors (Lipinski definition) is 2. The standard InChI is InChI=1S/C13H17FN2O2/c1-18-12-3-2-8(6-10(12)14)9-4-5-16-11(7-9)13(15)17/h2-3,6,9,11,16H,4-5,7H2,1H3,(H2,15,17). The van der Waals surface area contributed by atoms with Crippen LogP contribution in [0.25, 0.3) is 0 Å². The molecule has 0 radical (unpaired) electrons. The van der Waals surface area contributed by atoms with E-state index in [1.165, 1.54) is 13.2 Å². The Morgan fingerprint density at radius 1 is 1.56 bits per heavy atom. The second kappa shape index (κ2) is 5.35. The van der Waals surface area contributed by atoms with E-state index in [1.54, 1.807) is 6.07 Å². The third-order valence-corrected chi connectivity index (χ3v) is 3.39. The van der Waals surface area contributed by atoms with Crippen molar-refractivity contribution < 1.29 is 13.9 Å². The number of piperidine rings is 1. The number of carbonyl (C=O) groups is 1. The Hall–Kier alpha value is -1.62. The number of halogens is 1. The van der Waals surface area contributed by atoms with Gasteiger partial charge in [0.2, 0.25) is 5.91 Å². The fraction of sp³-hybridized carbons (Fsp3) is 0.462. The van der Waals surface area contributed by atoms with Crippen molar-refractivity contribution in [2.45, 2.75) is 24.8 Å². The van der Waals surface area contributed by atoms with E-state index >= 15 is 0 Å². The van der Waals surface area contributed by atoms with Crippen molar-refractivity contribution in [1.82, 2.24) is 5.32 Å². The van der Waals surface area contributed by atoms with Gasteiger partial charge in [0.05, 0.1) is 13.2 Å². The average Bonchev–Trinajstić information content (AvgIpc) is 2.38. The van der Waals surface area contributed by atoms with Gasteiger partial charge in [-0.15, -0.1) is 0 Å². The second-order valence-electron chi connectivity index (χ2n) is 4.52. The Balaban J connectivity index is 2.16. The monoisotopic (exact) mass is 252 g/mol. The molecule has 1 aromatic rings. The van der Waals surface area contributed by atoms with Gasteiger partial charge in [0.1, 0.15) is 0 Å². The van der Waals surface area contributed by atoms with Crippen LogP contribution in [0.15, 0.2) is 18.2 Å². The molecular weight excluding hydrogens is 235 g/mol. The van der Waals surface area contributed by atoms with Crippen molar-refractivity contribution in [2.75, 3.05) is 13.7 Å². The summed E-state index contributed by atoms with van der Waals surface area (Å²) in [5, 5.41) is 3.06. The van der Waals surface area contributed by atoms with Crippen LogP contribution >= 0.6 is 0 Å². The predicted octanol–water partition coefficient (Wildman–Crippen LogP) is 1.16. The first-order valence-electron chi connectivity index (χ1n) is 5.98. The molecular formula is C13H17FN2O2. The molecule has 0 aromatic heterocycles. The van der Waals surface area contributed by atoms with E-state index in [1.807, 2.05) is 6.07 Å². The number of benzene rings is 1. The van der Waals surface area contributed by atoms with E-state index in [0.717, 1.165) is 12.0 Å². The first-order valence-corrected chi connectivity index (χ1v) is 5.98. The summed E-state index contributed by atoms with van der Waals surface area (Å²) in [6.45, 7) is 0.714. The van der Waals surface area contributed by atoms with Crippen LogP contribution in [0.1, 0.15) is 24.3 Å². The van der Waals surface area contributed by atoms with Crippen molar-refractivity contribution in [3.63, 3.8) is 0 Å². The van der Waals surface area contributed by atoms with Gasteiger partial charge < -0.3 is 15.8 Å². The molecule has 1 heterocycles. The number of nitrogens with one attached hydrogen (secondary N) is 1. The Labute approximate surface area is 105 Å². The molecule has 3 N–H and O–H groups in total. The third-order valence-electron chi connectivity index (χ3n) is 3.39. The normalized spacial score (nSPS) is 23.7.